The maximum absolute atomic E-state index is 12.6. The van der Waals surface area contributed by atoms with E-state index in [2.05, 4.69) is 4.98 Å². The second-order valence-corrected chi connectivity index (χ2v) is 6.03. The van der Waals surface area contributed by atoms with Gasteiger partial charge >= 0.3 is 11.7 Å². The predicted molar refractivity (Wildman–Crippen MR) is 98.1 cm³/mol. The van der Waals surface area contributed by atoms with Crippen LogP contribution in [0.2, 0.25) is 0 Å². The fraction of sp³-hybridized carbons (Fsp3) is 0.333. The highest BCUT2D eigenvalue weighted by atomic mass is 16.6. The second kappa shape index (κ2) is 7.48. The first-order valence-electron chi connectivity index (χ1n) is 8.47. The number of ether oxygens (including phenoxy) is 2. The van der Waals surface area contributed by atoms with Gasteiger partial charge in [-0.1, -0.05) is 19.1 Å². The van der Waals surface area contributed by atoms with E-state index in [0.717, 1.165) is 11.0 Å². The lowest BCUT2D eigenvalue weighted by Crippen LogP contribution is -2.42. The number of carbonyl (C=O) groups is 1. The molecule has 9 heteroatoms. The molecule has 142 valence electrons. The summed E-state index contributed by atoms with van der Waals surface area (Å²) in [7, 11) is 3.14. The van der Waals surface area contributed by atoms with Crippen LogP contribution < -0.4 is 20.7 Å². The fourth-order valence-corrected chi connectivity index (χ4v) is 2.69. The maximum atomic E-state index is 12.6. The van der Waals surface area contributed by atoms with Crippen molar-refractivity contribution < 1.29 is 14.3 Å². The van der Waals surface area contributed by atoms with E-state index in [1.54, 1.807) is 31.3 Å². The van der Waals surface area contributed by atoms with Crippen molar-refractivity contribution in [2.75, 3.05) is 6.61 Å². The van der Waals surface area contributed by atoms with Gasteiger partial charge in [-0.05, 0) is 18.6 Å². The number of aromatic nitrogens is 4. The first-order valence-corrected chi connectivity index (χ1v) is 8.47. The lowest BCUT2D eigenvalue weighted by atomic mass is 10.3. The number of rotatable bonds is 6. The molecule has 0 saturated heterocycles. The normalized spacial score (nSPS) is 10.9. The monoisotopic (exact) mass is 372 g/mol. The summed E-state index contributed by atoms with van der Waals surface area (Å²) in [5, 5.41) is 0. The average Bonchev–Trinajstić information content (AvgIpc) is 3.04. The van der Waals surface area contributed by atoms with Crippen molar-refractivity contribution in [3.05, 3.63) is 51.4 Å². The summed E-state index contributed by atoms with van der Waals surface area (Å²) in [4.78, 5) is 41.5. The van der Waals surface area contributed by atoms with Gasteiger partial charge in [-0.15, -0.1) is 0 Å². The van der Waals surface area contributed by atoms with Gasteiger partial charge in [0, 0.05) is 14.1 Å². The van der Waals surface area contributed by atoms with Crippen molar-refractivity contribution in [3.8, 4) is 11.5 Å². The SMILES string of the molecule is CCCOc1ccccc1OC(=O)Cn1c(=O)c2c(ncn2C)n(C)c1=O. The van der Waals surface area contributed by atoms with Gasteiger partial charge in [-0.3, -0.25) is 9.36 Å². The smallest absolute Gasteiger partial charge is 0.333 e. The maximum Gasteiger partial charge on any atom is 0.333 e. The molecule has 1 aromatic carbocycles. The van der Waals surface area contributed by atoms with Gasteiger partial charge in [0.05, 0.1) is 12.9 Å². The van der Waals surface area contributed by atoms with E-state index in [-0.39, 0.29) is 16.9 Å². The van der Waals surface area contributed by atoms with E-state index in [1.165, 1.54) is 22.5 Å². The van der Waals surface area contributed by atoms with Crippen LogP contribution in [-0.4, -0.2) is 31.3 Å². The second-order valence-electron chi connectivity index (χ2n) is 6.03. The first-order chi connectivity index (χ1) is 12.9. The number of para-hydroxylation sites is 2. The van der Waals surface area contributed by atoms with Crippen LogP contribution in [0.25, 0.3) is 11.2 Å². The van der Waals surface area contributed by atoms with Crippen LogP contribution in [0.1, 0.15) is 13.3 Å². The Bertz CT molecular complexity index is 1110. The van der Waals surface area contributed by atoms with E-state index in [0.29, 0.717) is 12.4 Å². The Labute approximate surface area is 154 Å². The van der Waals surface area contributed by atoms with Crippen molar-refractivity contribution in [1.82, 2.24) is 18.7 Å². The number of imidazole rings is 1. The molecular weight excluding hydrogens is 352 g/mol. The molecule has 0 unspecified atom stereocenters. The zero-order valence-corrected chi connectivity index (χ0v) is 15.3. The van der Waals surface area contributed by atoms with E-state index in [4.69, 9.17) is 9.47 Å². The number of esters is 1. The Morgan fingerprint density at radius 2 is 1.85 bits per heavy atom. The third-order valence-electron chi connectivity index (χ3n) is 4.02. The minimum atomic E-state index is -0.747. The molecular formula is C18H20N4O5. The standard InChI is InChI=1S/C18H20N4O5/c1-4-9-26-12-7-5-6-8-13(12)27-14(23)10-22-17(24)15-16(19-11-20(15)2)21(3)18(22)25/h5-8,11H,4,9-10H2,1-3H3. The number of hydrogen-bond donors (Lipinski definition) is 0. The Morgan fingerprint density at radius 1 is 1.15 bits per heavy atom. The van der Waals surface area contributed by atoms with Gasteiger partial charge in [0.2, 0.25) is 0 Å². The predicted octanol–water partition coefficient (Wildman–Crippen LogP) is 0.828. The molecule has 9 nitrogen and oxygen atoms in total. The minimum absolute atomic E-state index is 0.233. The molecule has 0 aliphatic rings. The highest BCUT2D eigenvalue weighted by Crippen LogP contribution is 2.26. The van der Waals surface area contributed by atoms with E-state index >= 15 is 0 Å². The summed E-state index contributed by atoms with van der Waals surface area (Å²) in [6.07, 6.45) is 2.24. The molecule has 3 rings (SSSR count). The number of fused-ring (bicyclic) bond motifs is 1. The Balaban J connectivity index is 1.91. The summed E-state index contributed by atoms with van der Waals surface area (Å²) >= 11 is 0. The lowest BCUT2D eigenvalue weighted by molar-refractivity contribution is -0.135. The number of benzene rings is 1. The number of hydrogen-bond acceptors (Lipinski definition) is 6. The van der Waals surface area contributed by atoms with Crippen molar-refractivity contribution >= 4 is 17.1 Å². The Kier molecular flexibility index (Phi) is 5.11. The first kappa shape index (κ1) is 18.4. The third-order valence-corrected chi connectivity index (χ3v) is 4.02. The lowest BCUT2D eigenvalue weighted by Gasteiger charge is -2.12. The van der Waals surface area contributed by atoms with Crippen LogP contribution in [0.5, 0.6) is 11.5 Å². The molecule has 2 heterocycles. The van der Waals surface area contributed by atoms with E-state index in [1.807, 2.05) is 6.92 Å². The molecule has 0 radical (unpaired) electrons. The van der Waals surface area contributed by atoms with Crippen LogP contribution in [0.3, 0.4) is 0 Å². The molecule has 0 saturated carbocycles. The summed E-state index contributed by atoms with van der Waals surface area (Å²) in [5.74, 6) is -0.0827. The number of aryl methyl sites for hydroxylation is 2. The number of carbonyl (C=O) groups excluding carboxylic acids is 1. The van der Waals surface area contributed by atoms with Crippen molar-refractivity contribution in [1.29, 1.82) is 0 Å². The molecule has 0 spiro atoms. The molecule has 0 aliphatic carbocycles. The van der Waals surface area contributed by atoms with Gasteiger partial charge in [0.15, 0.2) is 22.7 Å². The highest BCUT2D eigenvalue weighted by molar-refractivity contribution is 5.74. The molecule has 0 fully saturated rings. The van der Waals surface area contributed by atoms with Crippen LogP contribution in [0.4, 0.5) is 0 Å². The topological polar surface area (TPSA) is 97.3 Å². The van der Waals surface area contributed by atoms with Crippen LogP contribution in [-0.2, 0) is 25.4 Å². The van der Waals surface area contributed by atoms with E-state index < -0.39 is 23.8 Å². The molecule has 2 aromatic heterocycles. The molecule has 0 bridgehead atoms. The van der Waals surface area contributed by atoms with Gasteiger partial charge in [-0.2, -0.15) is 0 Å². The van der Waals surface area contributed by atoms with Crippen LogP contribution >= 0.6 is 0 Å². The summed E-state index contributed by atoms with van der Waals surface area (Å²) in [6.45, 7) is 1.92. The highest BCUT2D eigenvalue weighted by Gasteiger charge is 2.18. The summed E-state index contributed by atoms with van der Waals surface area (Å²) in [5.41, 5.74) is -0.744. The number of nitrogens with zero attached hydrogens (tertiary/aromatic N) is 4. The zero-order chi connectivity index (χ0) is 19.6. The average molecular weight is 372 g/mol. The largest absolute Gasteiger partial charge is 0.490 e. The fourth-order valence-electron chi connectivity index (χ4n) is 2.69. The zero-order valence-electron chi connectivity index (χ0n) is 15.3. The molecule has 3 aromatic rings. The van der Waals surface area contributed by atoms with Gasteiger partial charge in [0.25, 0.3) is 5.56 Å². The Morgan fingerprint density at radius 3 is 2.56 bits per heavy atom. The quantitative estimate of drug-likeness (QED) is 0.470. The third kappa shape index (κ3) is 3.48. The summed E-state index contributed by atoms with van der Waals surface area (Å²) in [6, 6.07) is 6.74. The van der Waals surface area contributed by atoms with Crippen LogP contribution in [0, 0.1) is 0 Å². The van der Waals surface area contributed by atoms with Gasteiger partial charge < -0.3 is 14.0 Å². The Hall–Kier alpha value is -3.36. The molecule has 0 amide bonds. The van der Waals surface area contributed by atoms with E-state index in [9.17, 15) is 14.4 Å². The minimum Gasteiger partial charge on any atom is -0.490 e. The molecule has 0 N–H and O–H groups in total. The van der Waals surface area contributed by atoms with Gasteiger partial charge in [0.1, 0.15) is 6.54 Å². The van der Waals surface area contributed by atoms with Crippen molar-refractivity contribution in [2.24, 2.45) is 14.1 Å². The van der Waals surface area contributed by atoms with Crippen LogP contribution in [0.15, 0.2) is 40.2 Å². The molecule has 0 aliphatic heterocycles. The van der Waals surface area contributed by atoms with Crippen molar-refractivity contribution in [2.45, 2.75) is 19.9 Å². The molecule has 27 heavy (non-hydrogen) atoms. The summed E-state index contributed by atoms with van der Waals surface area (Å²) < 4.78 is 14.4. The van der Waals surface area contributed by atoms with Gasteiger partial charge in [-0.25, -0.2) is 19.1 Å². The molecule has 0 atom stereocenters. The van der Waals surface area contributed by atoms with Crippen molar-refractivity contribution in [3.63, 3.8) is 0 Å².